The predicted molar refractivity (Wildman–Crippen MR) is 155 cm³/mol. The number of carbonyl (C=O) groups excluding carboxylic acids is 4. The van der Waals surface area contributed by atoms with E-state index in [0.717, 1.165) is 16.3 Å². The fourth-order valence-electron chi connectivity index (χ4n) is 5.69. The van der Waals surface area contributed by atoms with Crippen LogP contribution in [0.25, 0.3) is 10.8 Å². The highest BCUT2D eigenvalue weighted by molar-refractivity contribution is 5.97. The predicted octanol–water partition coefficient (Wildman–Crippen LogP) is 2.87. The van der Waals surface area contributed by atoms with Gasteiger partial charge in [-0.2, -0.15) is 0 Å². The third kappa shape index (κ3) is 6.51. The van der Waals surface area contributed by atoms with Gasteiger partial charge < -0.3 is 24.8 Å². The Balaban J connectivity index is 1.33. The number of ether oxygens (including phenoxy) is 1. The van der Waals surface area contributed by atoms with Gasteiger partial charge in [0.25, 0.3) is 5.91 Å². The van der Waals surface area contributed by atoms with Crippen LogP contribution in [0.1, 0.15) is 35.2 Å². The van der Waals surface area contributed by atoms with E-state index in [4.69, 9.17) is 4.74 Å². The van der Waals surface area contributed by atoms with Crippen molar-refractivity contribution in [1.29, 1.82) is 0 Å². The van der Waals surface area contributed by atoms with E-state index in [1.165, 1.54) is 4.90 Å². The zero-order chi connectivity index (χ0) is 28.9. The molecule has 1 fully saturated rings. The molecule has 3 aromatic carbocycles. The first-order valence-electron chi connectivity index (χ1n) is 14.1. The fourth-order valence-corrected chi connectivity index (χ4v) is 5.69. The monoisotopic (exact) mass is 556 g/mol. The maximum absolute atomic E-state index is 13.4. The minimum atomic E-state index is -0.333. The van der Waals surface area contributed by atoms with Gasteiger partial charge in [0.2, 0.25) is 17.7 Å². The lowest BCUT2D eigenvalue weighted by atomic mass is 10.0. The van der Waals surface area contributed by atoms with Crippen LogP contribution in [0.4, 0.5) is 0 Å². The van der Waals surface area contributed by atoms with E-state index in [1.807, 2.05) is 48.5 Å². The summed E-state index contributed by atoms with van der Waals surface area (Å²) in [5, 5.41) is 5.24. The number of para-hydroxylation sites is 1. The van der Waals surface area contributed by atoms with Crippen LogP contribution in [0.15, 0.2) is 66.7 Å². The van der Waals surface area contributed by atoms with Gasteiger partial charge >= 0.3 is 0 Å². The number of nitrogens with one attached hydrogen (secondary N) is 1. The van der Waals surface area contributed by atoms with Crippen molar-refractivity contribution in [1.82, 2.24) is 20.0 Å². The highest BCUT2D eigenvalue weighted by Gasteiger charge is 2.37. The molecule has 41 heavy (non-hydrogen) atoms. The van der Waals surface area contributed by atoms with E-state index in [9.17, 15) is 19.2 Å². The highest BCUT2D eigenvalue weighted by Crippen LogP contribution is 2.25. The molecule has 0 bridgehead atoms. The Morgan fingerprint density at radius 2 is 1.68 bits per heavy atom. The van der Waals surface area contributed by atoms with E-state index in [0.29, 0.717) is 37.2 Å². The summed E-state index contributed by atoms with van der Waals surface area (Å²) < 4.78 is 6.16. The van der Waals surface area contributed by atoms with Crippen LogP contribution in [-0.2, 0) is 20.8 Å². The summed E-state index contributed by atoms with van der Waals surface area (Å²) in [4.78, 5) is 57.1. The van der Waals surface area contributed by atoms with Gasteiger partial charge in [-0.25, -0.2) is 0 Å². The van der Waals surface area contributed by atoms with E-state index in [2.05, 4.69) is 5.32 Å². The first-order valence-corrected chi connectivity index (χ1v) is 14.1. The number of fused-ring (bicyclic) bond motifs is 3. The van der Waals surface area contributed by atoms with Crippen molar-refractivity contribution < 1.29 is 23.9 Å². The molecular formula is C32H36N4O5. The molecule has 1 N–H and O–H groups in total. The molecule has 9 nitrogen and oxygen atoms in total. The molecule has 2 aliphatic rings. The van der Waals surface area contributed by atoms with Gasteiger partial charge in [-0.05, 0) is 41.3 Å². The van der Waals surface area contributed by atoms with Crippen LogP contribution in [0.2, 0.25) is 0 Å². The van der Waals surface area contributed by atoms with Crippen molar-refractivity contribution in [3.05, 3.63) is 77.9 Å². The van der Waals surface area contributed by atoms with Crippen molar-refractivity contribution in [2.45, 2.75) is 37.8 Å². The first-order chi connectivity index (χ1) is 19.8. The average Bonchev–Trinajstić information content (AvgIpc) is 3.37. The highest BCUT2D eigenvalue weighted by atomic mass is 16.5. The standard InChI is InChI=1S/C32H36N4O5/c1-34-16-8-15-30(38)35(2)20-31(39)36-19-24(18-25(36)21-41-28-14-6-5-13-27(28)32(34)40)33-29(37)17-23-11-7-10-22-9-3-4-12-26(22)23/h3-7,9-14,24-25H,8,15-21H2,1-2H3,(H,33,37). The van der Waals surface area contributed by atoms with Gasteiger partial charge in [-0.1, -0.05) is 54.6 Å². The van der Waals surface area contributed by atoms with Gasteiger partial charge in [0.05, 0.1) is 24.6 Å². The van der Waals surface area contributed by atoms with E-state index in [1.54, 1.807) is 42.1 Å². The lowest BCUT2D eigenvalue weighted by Gasteiger charge is -2.27. The van der Waals surface area contributed by atoms with Gasteiger partial charge in [0.15, 0.2) is 0 Å². The van der Waals surface area contributed by atoms with Crippen LogP contribution in [0.5, 0.6) is 5.75 Å². The largest absolute Gasteiger partial charge is 0.491 e. The lowest BCUT2D eigenvalue weighted by Crippen LogP contribution is -2.46. The van der Waals surface area contributed by atoms with Crippen LogP contribution in [-0.4, -0.2) is 90.7 Å². The van der Waals surface area contributed by atoms with Crippen LogP contribution < -0.4 is 10.1 Å². The molecule has 1 saturated heterocycles. The Labute approximate surface area is 240 Å². The van der Waals surface area contributed by atoms with Gasteiger partial charge in [0.1, 0.15) is 12.4 Å². The quantitative estimate of drug-likeness (QED) is 0.535. The summed E-state index contributed by atoms with van der Waals surface area (Å²) in [6.45, 7) is 0.833. The lowest BCUT2D eigenvalue weighted by molar-refractivity contribution is -0.140. The molecule has 3 aromatic rings. The topological polar surface area (TPSA) is 99.3 Å². The van der Waals surface area contributed by atoms with Gasteiger partial charge in [0, 0.05) is 39.6 Å². The minimum absolute atomic E-state index is 0.0582. The molecule has 9 heteroatoms. The molecule has 0 aromatic heterocycles. The summed E-state index contributed by atoms with van der Waals surface area (Å²) >= 11 is 0. The third-order valence-corrected chi connectivity index (χ3v) is 7.91. The molecule has 4 amide bonds. The van der Waals surface area contributed by atoms with Crippen LogP contribution in [0, 0.1) is 0 Å². The molecule has 0 aliphatic carbocycles. The summed E-state index contributed by atoms with van der Waals surface area (Å²) in [6, 6.07) is 20.4. The smallest absolute Gasteiger partial charge is 0.257 e. The SMILES string of the molecule is CN1CC(=O)N2CC(NC(=O)Cc3cccc4ccccc34)CC2COc2ccccc2C(=O)N(C)CCCC1=O. The van der Waals surface area contributed by atoms with Crippen LogP contribution in [0.3, 0.4) is 0 Å². The number of hydrogen-bond acceptors (Lipinski definition) is 5. The summed E-state index contributed by atoms with van der Waals surface area (Å²) in [7, 11) is 3.33. The molecule has 2 heterocycles. The summed E-state index contributed by atoms with van der Waals surface area (Å²) in [6.07, 6.45) is 1.45. The summed E-state index contributed by atoms with van der Waals surface area (Å²) in [5.74, 6) is -0.204. The number of nitrogens with zero attached hydrogens (tertiary/aromatic N) is 3. The number of amides is 4. The maximum atomic E-state index is 13.4. The fraction of sp³-hybridized carbons (Fsp3) is 0.375. The molecule has 5 rings (SSSR count). The van der Waals surface area contributed by atoms with E-state index >= 15 is 0 Å². The van der Waals surface area contributed by atoms with Crippen molar-refractivity contribution in [3.63, 3.8) is 0 Å². The molecule has 2 atom stereocenters. The van der Waals surface area contributed by atoms with Crippen molar-refractivity contribution >= 4 is 34.4 Å². The number of hydrogen-bond donors (Lipinski definition) is 1. The number of rotatable bonds is 3. The number of carbonyl (C=O) groups is 4. The molecule has 0 radical (unpaired) electrons. The molecule has 0 spiro atoms. The Bertz CT molecular complexity index is 1450. The Hall–Kier alpha value is -4.40. The molecule has 2 unspecified atom stereocenters. The van der Waals surface area contributed by atoms with Crippen molar-refractivity contribution in [2.24, 2.45) is 0 Å². The average molecular weight is 557 g/mol. The van der Waals surface area contributed by atoms with Gasteiger partial charge in [-0.15, -0.1) is 0 Å². The zero-order valence-corrected chi connectivity index (χ0v) is 23.5. The Morgan fingerprint density at radius 1 is 0.927 bits per heavy atom. The van der Waals surface area contributed by atoms with Crippen LogP contribution >= 0.6 is 0 Å². The Kier molecular flexibility index (Phi) is 8.52. The molecular weight excluding hydrogens is 520 g/mol. The molecule has 214 valence electrons. The van der Waals surface area contributed by atoms with E-state index in [-0.39, 0.29) is 61.7 Å². The zero-order valence-electron chi connectivity index (χ0n) is 23.5. The second-order valence-electron chi connectivity index (χ2n) is 10.9. The summed E-state index contributed by atoms with van der Waals surface area (Å²) in [5.41, 5.74) is 1.38. The normalized spacial score (nSPS) is 20.6. The minimum Gasteiger partial charge on any atom is -0.491 e. The van der Waals surface area contributed by atoms with Crippen molar-refractivity contribution in [2.75, 3.05) is 40.3 Å². The Morgan fingerprint density at radius 3 is 2.54 bits per heavy atom. The molecule has 0 saturated carbocycles. The second-order valence-corrected chi connectivity index (χ2v) is 10.9. The molecule has 2 aliphatic heterocycles. The number of likely N-dealkylation sites (N-methyl/N-ethyl adjacent to an activating group) is 1. The third-order valence-electron chi connectivity index (χ3n) is 7.91. The second kappa shape index (κ2) is 12.4. The van der Waals surface area contributed by atoms with E-state index < -0.39 is 0 Å². The van der Waals surface area contributed by atoms with Crippen molar-refractivity contribution in [3.8, 4) is 5.75 Å². The van der Waals surface area contributed by atoms with Gasteiger partial charge in [-0.3, -0.25) is 19.2 Å². The number of benzene rings is 3. The first kappa shape index (κ1) is 28.1. The maximum Gasteiger partial charge on any atom is 0.257 e.